The van der Waals surface area contributed by atoms with Crippen molar-refractivity contribution in [3.8, 4) is 6.07 Å². The van der Waals surface area contributed by atoms with Crippen molar-refractivity contribution in [2.24, 2.45) is 0 Å². The van der Waals surface area contributed by atoms with Gasteiger partial charge in [0.25, 0.3) is 0 Å². The molecule has 0 aliphatic carbocycles. The number of nitrogens with one attached hydrogen (secondary N) is 1. The van der Waals surface area contributed by atoms with Gasteiger partial charge in [0.15, 0.2) is 0 Å². The highest BCUT2D eigenvalue weighted by Crippen LogP contribution is 2.35. The van der Waals surface area contributed by atoms with Crippen molar-refractivity contribution >= 4 is 28.3 Å². The summed E-state index contributed by atoms with van der Waals surface area (Å²) in [5.41, 5.74) is 0.657. The molecule has 1 aliphatic rings. The predicted molar refractivity (Wildman–Crippen MR) is 118 cm³/mol. The maximum absolute atomic E-state index is 13.3. The van der Waals surface area contributed by atoms with Crippen LogP contribution in [0.5, 0.6) is 0 Å². The fourth-order valence-electron chi connectivity index (χ4n) is 4.17. The van der Waals surface area contributed by atoms with Crippen molar-refractivity contribution in [2.45, 2.75) is 32.1 Å². The number of amides is 2. The van der Waals surface area contributed by atoms with E-state index in [0.717, 1.165) is 29.5 Å². The molecule has 4 rings (SSSR count). The Morgan fingerprint density at radius 3 is 2.67 bits per heavy atom. The Labute approximate surface area is 188 Å². The number of pyridine rings is 2. The summed E-state index contributed by atoms with van der Waals surface area (Å²) in [6, 6.07) is 9.26. The van der Waals surface area contributed by atoms with Crippen LogP contribution in [-0.2, 0) is 6.18 Å². The number of urea groups is 1. The number of carbonyl (C=O) groups is 1. The van der Waals surface area contributed by atoms with Crippen LogP contribution in [0.2, 0.25) is 0 Å². The third kappa shape index (κ3) is 4.26. The molecule has 0 bridgehead atoms. The van der Waals surface area contributed by atoms with Crippen molar-refractivity contribution in [1.82, 2.24) is 14.9 Å². The first-order valence-electron chi connectivity index (χ1n) is 10.3. The first kappa shape index (κ1) is 22.3. The van der Waals surface area contributed by atoms with Crippen molar-refractivity contribution < 1.29 is 18.0 Å². The van der Waals surface area contributed by atoms with Crippen molar-refractivity contribution in [3.63, 3.8) is 0 Å². The highest BCUT2D eigenvalue weighted by Gasteiger charge is 2.36. The number of nitrogens with zero attached hydrogens (tertiary/aromatic N) is 5. The van der Waals surface area contributed by atoms with E-state index in [-0.39, 0.29) is 17.8 Å². The number of hydrogen-bond donors (Lipinski definition) is 1. The van der Waals surface area contributed by atoms with Crippen molar-refractivity contribution in [2.75, 3.05) is 23.3 Å². The lowest BCUT2D eigenvalue weighted by atomic mass is 10.0. The standard InChI is InChI=1S/C23H21F3N6O/c1-14-13-32(22(33)30-19-11-28-9-7-18(19)23(24,25)26)15(2)12-31(14)20-6-5-16(10-27)21-17(20)4-3-8-29-21/h3-9,11,14-15H,12-13H2,1-2H3,(H,30,33)/t14?,15-/m1/s1. The average Bonchev–Trinajstić information content (AvgIpc) is 2.79. The zero-order chi connectivity index (χ0) is 23.8. The number of alkyl halides is 3. The van der Waals surface area contributed by atoms with E-state index < -0.39 is 17.8 Å². The van der Waals surface area contributed by atoms with Crippen LogP contribution in [0.4, 0.5) is 29.3 Å². The van der Waals surface area contributed by atoms with E-state index in [1.165, 1.54) is 4.90 Å². The van der Waals surface area contributed by atoms with Crippen LogP contribution < -0.4 is 10.2 Å². The van der Waals surface area contributed by atoms with Crippen LogP contribution in [0.3, 0.4) is 0 Å². The van der Waals surface area contributed by atoms with E-state index in [2.05, 4.69) is 26.3 Å². The normalized spacial score (nSPS) is 18.8. The average molecular weight is 454 g/mol. The van der Waals surface area contributed by atoms with Gasteiger partial charge in [-0.2, -0.15) is 18.4 Å². The molecule has 0 saturated carbocycles. The minimum Gasteiger partial charge on any atom is -0.364 e. The second-order valence-corrected chi connectivity index (χ2v) is 8.00. The molecule has 33 heavy (non-hydrogen) atoms. The molecule has 1 fully saturated rings. The molecule has 7 nitrogen and oxygen atoms in total. The molecule has 0 radical (unpaired) electrons. The van der Waals surface area contributed by atoms with Crippen LogP contribution in [-0.4, -0.2) is 46.1 Å². The molecule has 0 spiro atoms. The molecule has 1 aromatic carbocycles. The first-order chi connectivity index (χ1) is 15.7. The predicted octanol–water partition coefficient (Wildman–Crippen LogP) is 4.65. The minimum absolute atomic E-state index is 0.126. The molecular formula is C23H21F3N6O. The van der Waals surface area contributed by atoms with E-state index >= 15 is 0 Å². The smallest absolute Gasteiger partial charge is 0.364 e. The Morgan fingerprint density at radius 1 is 1.15 bits per heavy atom. The molecule has 1 aliphatic heterocycles. The van der Waals surface area contributed by atoms with Gasteiger partial charge >= 0.3 is 12.2 Å². The van der Waals surface area contributed by atoms with Gasteiger partial charge in [0, 0.05) is 48.6 Å². The summed E-state index contributed by atoms with van der Waals surface area (Å²) in [7, 11) is 0. The monoisotopic (exact) mass is 454 g/mol. The summed E-state index contributed by atoms with van der Waals surface area (Å²) < 4.78 is 39.8. The van der Waals surface area contributed by atoms with Crippen LogP contribution in [0.25, 0.3) is 10.9 Å². The first-order valence-corrected chi connectivity index (χ1v) is 10.3. The Morgan fingerprint density at radius 2 is 1.94 bits per heavy atom. The van der Waals surface area contributed by atoms with Gasteiger partial charge in [-0.1, -0.05) is 0 Å². The number of anilines is 2. The number of benzene rings is 1. The zero-order valence-corrected chi connectivity index (χ0v) is 18.0. The van der Waals surface area contributed by atoms with E-state index in [1.54, 1.807) is 18.3 Å². The molecule has 1 N–H and O–H groups in total. The summed E-state index contributed by atoms with van der Waals surface area (Å²) in [6.07, 6.45) is -0.928. The van der Waals surface area contributed by atoms with Gasteiger partial charge in [0.2, 0.25) is 0 Å². The summed E-state index contributed by atoms with van der Waals surface area (Å²) in [5.74, 6) is 0. The quantitative estimate of drug-likeness (QED) is 0.609. The molecular weight excluding hydrogens is 433 g/mol. The number of piperazine rings is 1. The Bertz CT molecular complexity index is 1240. The summed E-state index contributed by atoms with van der Waals surface area (Å²) in [4.78, 5) is 24.6. The largest absolute Gasteiger partial charge is 0.418 e. The Kier molecular flexibility index (Phi) is 5.80. The zero-order valence-electron chi connectivity index (χ0n) is 18.0. The van der Waals surface area contributed by atoms with E-state index in [1.807, 2.05) is 26.0 Å². The van der Waals surface area contributed by atoms with Crippen LogP contribution in [0.1, 0.15) is 25.0 Å². The molecule has 3 heterocycles. The molecule has 2 atom stereocenters. The molecule has 1 saturated heterocycles. The van der Waals surface area contributed by atoms with Gasteiger partial charge in [-0.15, -0.1) is 0 Å². The number of carbonyl (C=O) groups excluding carboxylic acids is 1. The maximum atomic E-state index is 13.3. The van der Waals surface area contributed by atoms with Crippen molar-refractivity contribution in [3.05, 3.63) is 60.0 Å². The molecule has 2 amide bonds. The summed E-state index contributed by atoms with van der Waals surface area (Å²) >= 11 is 0. The van der Waals surface area contributed by atoms with Gasteiger partial charge in [-0.3, -0.25) is 9.97 Å². The lowest BCUT2D eigenvalue weighted by Crippen LogP contribution is -2.59. The number of nitriles is 1. The number of halogens is 3. The van der Waals surface area contributed by atoms with Gasteiger partial charge < -0.3 is 15.1 Å². The van der Waals surface area contributed by atoms with E-state index in [4.69, 9.17) is 0 Å². The van der Waals surface area contributed by atoms with Gasteiger partial charge in [-0.05, 0) is 44.2 Å². The van der Waals surface area contributed by atoms with Gasteiger partial charge in [0.1, 0.15) is 6.07 Å². The second-order valence-electron chi connectivity index (χ2n) is 8.00. The SMILES string of the molecule is CC1CN(C(=O)Nc2cnccc2C(F)(F)F)[C@H](C)CN1c1ccc(C#N)c2ncccc12. The van der Waals surface area contributed by atoms with Gasteiger partial charge in [-0.25, -0.2) is 4.79 Å². The maximum Gasteiger partial charge on any atom is 0.418 e. The third-order valence-electron chi connectivity index (χ3n) is 5.79. The molecule has 3 aromatic rings. The number of rotatable bonds is 2. The molecule has 170 valence electrons. The fourth-order valence-corrected chi connectivity index (χ4v) is 4.17. The van der Waals surface area contributed by atoms with Gasteiger partial charge in [0.05, 0.1) is 28.5 Å². The molecule has 10 heteroatoms. The number of hydrogen-bond acceptors (Lipinski definition) is 5. The number of aromatic nitrogens is 2. The highest BCUT2D eigenvalue weighted by molar-refractivity contribution is 5.96. The lowest BCUT2D eigenvalue weighted by Gasteiger charge is -2.45. The van der Waals surface area contributed by atoms with Crippen LogP contribution in [0.15, 0.2) is 48.9 Å². The Hall–Kier alpha value is -3.87. The van der Waals surface area contributed by atoms with Crippen LogP contribution in [0, 0.1) is 11.3 Å². The Balaban J connectivity index is 1.57. The second kappa shape index (κ2) is 8.58. The molecule has 1 unspecified atom stereocenters. The fraction of sp³-hybridized carbons (Fsp3) is 0.304. The van der Waals surface area contributed by atoms with E-state index in [9.17, 15) is 23.2 Å². The minimum atomic E-state index is -4.60. The number of fused-ring (bicyclic) bond motifs is 1. The topological polar surface area (TPSA) is 85.2 Å². The summed E-state index contributed by atoms with van der Waals surface area (Å²) in [5, 5.41) is 12.6. The highest BCUT2D eigenvalue weighted by atomic mass is 19.4. The van der Waals surface area contributed by atoms with Crippen LogP contribution >= 0.6 is 0 Å². The van der Waals surface area contributed by atoms with E-state index in [0.29, 0.717) is 24.2 Å². The summed E-state index contributed by atoms with van der Waals surface area (Å²) in [6.45, 7) is 4.55. The lowest BCUT2D eigenvalue weighted by molar-refractivity contribution is -0.137. The third-order valence-corrected chi connectivity index (χ3v) is 5.79. The molecule has 2 aromatic heterocycles. The van der Waals surface area contributed by atoms with Crippen molar-refractivity contribution in [1.29, 1.82) is 5.26 Å².